The Morgan fingerprint density at radius 3 is 2.58 bits per heavy atom. The average Bonchev–Trinajstić information content (AvgIpc) is 2.51. The molecule has 2 N–H and O–H groups in total. The van der Waals surface area contributed by atoms with E-state index >= 15 is 0 Å². The first-order chi connectivity index (χ1) is 8.74. The molecule has 0 atom stereocenters. The van der Waals surface area contributed by atoms with Crippen LogP contribution in [0.15, 0.2) is 0 Å². The van der Waals surface area contributed by atoms with Crippen molar-refractivity contribution in [3.63, 3.8) is 0 Å². The molecule has 0 aliphatic heterocycles. The number of hydrogen-bond acceptors (Lipinski definition) is 4. The van der Waals surface area contributed by atoms with Crippen molar-refractivity contribution in [3.8, 4) is 0 Å². The number of sulfonamides is 1. The summed E-state index contributed by atoms with van der Waals surface area (Å²) in [6.45, 7) is 3.97. The van der Waals surface area contributed by atoms with Crippen molar-refractivity contribution < 1.29 is 13.2 Å². The lowest BCUT2D eigenvalue weighted by atomic mass is 10.2. The number of nitrogens with zero attached hydrogens (tertiary/aromatic N) is 2. The van der Waals surface area contributed by atoms with Crippen molar-refractivity contribution in [1.82, 2.24) is 14.5 Å². The van der Waals surface area contributed by atoms with Crippen LogP contribution in [0.2, 0.25) is 0 Å². The van der Waals surface area contributed by atoms with Gasteiger partial charge in [-0.2, -0.15) is 5.10 Å². The number of aryl methyl sites for hydroxylation is 2. The third-order valence-electron chi connectivity index (χ3n) is 2.67. The summed E-state index contributed by atoms with van der Waals surface area (Å²) in [7, 11) is -1.50. The Hall–Kier alpha value is -1.41. The van der Waals surface area contributed by atoms with Crippen LogP contribution < -0.4 is 10.0 Å². The third-order valence-corrected chi connectivity index (χ3v) is 3.40. The number of rotatable bonds is 6. The summed E-state index contributed by atoms with van der Waals surface area (Å²) in [5.41, 5.74) is 1.88. The van der Waals surface area contributed by atoms with Gasteiger partial charge in [0.25, 0.3) is 0 Å². The number of aromatic nitrogens is 2. The van der Waals surface area contributed by atoms with E-state index in [1.165, 1.54) is 0 Å². The summed E-state index contributed by atoms with van der Waals surface area (Å²) in [5.74, 6) is 0.429. The number of hydrogen-bond donors (Lipinski definition) is 2. The van der Waals surface area contributed by atoms with Crippen molar-refractivity contribution in [1.29, 1.82) is 0 Å². The Morgan fingerprint density at radius 2 is 2.05 bits per heavy atom. The van der Waals surface area contributed by atoms with Crippen molar-refractivity contribution in [3.05, 3.63) is 11.3 Å². The number of carbonyl (C=O) groups is 1. The minimum absolute atomic E-state index is 0.0838. The first-order valence-corrected chi connectivity index (χ1v) is 7.90. The van der Waals surface area contributed by atoms with E-state index in [0.717, 1.165) is 23.9 Å². The van der Waals surface area contributed by atoms with Crippen LogP contribution in [0.4, 0.5) is 5.82 Å². The molecule has 0 fully saturated rings. The van der Waals surface area contributed by atoms with Gasteiger partial charge < -0.3 is 5.32 Å². The maximum absolute atomic E-state index is 11.7. The van der Waals surface area contributed by atoms with Gasteiger partial charge in [-0.15, -0.1) is 0 Å². The molecular weight excluding hydrogens is 268 g/mol. The van der Waals surface area contributed by atoms with Crippen molar-refractivity contribution in [2.24, 2.45) is 7.05 Å². The molecule has 0 bridgehead atoms. The standard InChI is InChI=1S/C11H20N4O3S/c1-5-9-8(2)14-15(3)11(9)13-10(16)6-7-12-19(4,17)18/h12H,5-7H2,1-4H3,(H,13,16). The van der Waals surface area contributed by atoms with Crippen LogP contribution in [0.5, 0.6) is 0 Å². The van der Waals surface area contributed by atoms with Gasteiger partial charge in [0, 0.05) is 25.6 Å². The second-order valence-electron chi connectivity index (χ2n) is 4.35. The van der Waals surface area contributed by atoms with Gasteiger partial charge in [0.1, 0.15) is 5.82 Å². The molecule has 8 heteroatoms. The quantitative estimate of drug-likeness (QED) is 0.780. The summed E-state index contributed by atoms with van der Waals surface area (Å²) in [4.78, 5) is 11.7. The molecule has 0 radical (unpaired) electrons. The van der Waals surface area contributed by atoms with Crippen LogP contribution in [0.1, 0.15) is 24.6 Å². The van der Waals surface area contributed by atoms with Gasteiger partial charge in [0.05, 0.1) is 11.9 Å². The molecule has 1 aromatic rings. The van der Waals surface area contributed by atoms with E-state index in [2.05, 4.69) is 15.1 Å². The highest BCUT2D eigenvalue weighted by molar-refractivity contribution is 7.88. The molecule has 0 aliphatic carbocycles. The highest BCUT2D eigenvalue weighted by Crippen LogP contribution is 2.19. The fourth-order valence-corrected chi connectivity index (χ4v) is 2.30. The zero-order chi connectivity index (χ0) is 14.6. The average molecular weight is 288 g/mol. The van der Waals surface area contributed by atoms with Crippen LogP contribution in [0, 0.1) is 6.92 Å². The summed E-state index contributed by atoms with van der Waals surface area (Å²) in [6.07, 6.45) is 1.92. The van der Waals surface area contributed by atoms with E-state index in [0.29, 0.717) is 5.82 Å². The lowest BCUT2D eigenvalue weighted by Crippen LogP contribution is -2.27. The van der Waals surface area contributed by atoms with Gasteiger partial charge in [0.15, 0.2) is 0 Å². The third kappa shape index (κ3) is 4.64. The lowest BCUT2D eigenvalue weighted by Gasteiger charge is -2.08. The van der Waals surface area contributed by atoms with Crippen molar-refractivity contribution in [2.75, 3.05) is 18.1 Å². The lowest BCUT2D eigenvalue weighted by molar-refractivity contribution is -0.116. The Kier molecular flexibility index (Phi) is 5.07. The van der Waals surface area contributed by atoms with E-state index < -0.39 is 10.0 Å². The number of carbonyl (C=O) groups excluding carboxylic acids is 1. The van der Waals surface area contributed by atoms with Crippen molar-refractivity contribution >= 4 is 21.7 Å². The van der Waals surface area contributed by atoms with E-state index in [1.807, 2.05) is 13.8 Å². The molecular formula is C11H20N4O3S. The van der Waals surface area contributed by atoms with Crippen LogP contribution in [-0.4, -0.2) is 36.9 Å². The van der Waals surface area contributed by atoms with Crippen LogP contribution in [-0.2, 0) is 28.3 Å². The van der Waals surface area contributed by atoms with Gasteiger partial charge in [0.2, 0.25) is 15.9 Å². The minimum Gasteiger partial charge on any atom is -0.311 e. The topological polar surface area (TPSA) is 93.1 Å². The summed E-state index contributed by atoms with van der Waals surface area (Å²) in [6, 6.07) is 0. The molecule has 1 heterocycles. The van der Waals surface area contributed by atoms with E-state index in [9.17, 15) is 13.2 Å². The van der Waals surface area contributed by atoms with E-state index in [1.54, 1.807) is 11.7 Å². The Balaban J connectivity index is 2.62. The van der Waals surface area contributed by atoms with Gasteiger partial charge >= 0.3 is 0 Å². The fourth-order valence-electron chi connectivity index (χ4n) is 1.83. The second-order valence-corrected chi connectivity index (χ2v) is 6.19. The van der Waals surface area contributed by atoms with E-state index in [4.69, 9.17) is 0 Å². The van der Waals surface area contributed by atoms with Gasteiger partial charge in [-0.25, -0.2) is 13.1 Å². The molecule has 7 nitrogen and oxygen atoms in total. The Labute approximate surface area is 113 Å². The zero-order valence-corrected chi connectivity index (χ0v) is 12.5. The maximum atomic E-state index is 11.7. The molecule has 0 aliphatic rings. The van der Waals surface area contributed by atoms with Crippen molar-refractivity contribution in [2.45, 2.75) is 26.7 Å². The summed E-state index contributed by atoms with van der Waals surface area (Å²) >= 11 is 0. The largest absolute Gasteiger partial charge is 0.311 e. The van der Waals surface area contributed by atoms with Gasteiger partial charge in [-0.1, -0.05) is 6.92 Å². The molecule has 0 aromatic carbocycles. The molecule has 108 valence electrons. The Morgan fingerprint density at radius 1 is 1.42 bits per heavy atom. The maximum Gasteiger partial charge on any atom is 0.226 e. The predicted octanol–water partition coefficient (Wildman–Crippen LogP) is 0.169. The second kappa shape index (κ2) is 6.16. The van der Waals surface area contributed by atoms with Crippen LogP contribution in [0.3, 0.4) is 0 Å². The molecule has 0 saturated carbocycles. The van der Waals surface area contributed by atoms with Gasteiger partial charge in [-0.3, -0.25) is 9.48 Å². The molecule has 1 aromatic heterocycles. The molecule has 19 heavy (non-hydrogen) atoms. The smallest absolute Gasteiger partial charge is 0.226 e. The summed E-state index contributed by atoms with van der Waals surface area (Å²) < 4.78 is 25.6. The molecule has 1 rings (SSSR count). The molecule has 0 unspecified atom stereocenters. The monoisotopic (exact) mass is 288 g/mol. The highest BCUT2D eigenvalue weighted by atomic mass is 32.2. The van der Waals surface area contributed by atoms with Gasteiger partial charge in [-0.05, 0) is 13.3 Å². The SMILES string of the molecule is CCc1c(C)nn(C)c1NC(=O)CCNS(C)(=O)=O. The number of amides is 1. The van der Waals surface area contributed by atoms with Crippen LogP contribution >= 0.6 is 0 Å². The highest BCUT2D eigenvalue weighted by Gasteiger charge is 2.14. The first kappa shape index (κ1) is 15.6. The first-order valence-electron chi connectivity index (χ1n) is 6.01. The number of anilines is 1. The Bertz CT molecular complexity index is 563. The normalized spacial score (nSPS) is 11.6. The molecule has 0 spiro atoms. The van der Waals surface area contributed by atoms with Crippen LogP contribution in [0.25, 0.3) is 0 Å². The number of nitrogens with one attached hydrogen (secondary N) is 2. The summed E-state index contributed by atoms with van der Waals surface area (Å²) in [5, 5.41) is 7.01. The van der Waals surface area contributed by atoms with E-state index in [-0.39, 0.29) is 18.9 Å². The predicted molar refractivity (Wildman–Crippen MR) is 73.4 cm³/mol. The molecule has 0 saturated heterocycles. The zero-order valence-electron chi connectivity index (χ0n) is 11.6. The minimum atomic E-state index is -3.26. The molecule has 1 amide bonds. The fraction of sp³-hybridized carbons (Fsp3) is 0.636.